The first-order chi connectivity index (χ1) is 12.9. The van der Waals surface area contributed by atoms with Gasteiger partial charge in [0.05, 0.1) is 6.04 Å². The summed E-state index contributed by atoms with van der Waals surface area (Å²) in [5.41, 5.74) is 2.53. The molecule has 1 amide bonds. The van der Waals surface area contributed by atoms with Crippen molar-refractivity contribution in [2.75, 3.05) is 26.7 Å². The van der Waals surface area contributed by atoms with E-state index in [2.05, 4.69) is 5.32 Å². The first kappa shape index (κ1) is 19.3. The number of halogens is 2. The highest BCUT2D eigenvalue weighted by atomic mass is 19.1. The van der Waals surface area contributed by atoms with Crippen LogP contribution in [0.4, 0.5) is 13.6 Å². The van der Waals surface area contributed by atoms with Gasteiger partial charge < -0.3 is 15.1 Å². The Morgan fingerprint density at radius 3 is 2.63 bits per heavy atom. The van der Waals surface area contributed by atoms with Crippen molar-refractivity contribution in [1.82, 2.24) is 15.3 Å². The number of carbonyl (C=O) groups is 1. The van der Waals surface area contributed by atoms with E-state index in [1.165, 1.54) is 29.2 Å². The van der Waals surface area contributed by atoms with Gasteiger partial charge in [-0.3, -0.25) is 0 Å². The predicted molar refractivity (Wildman–Crippen MR) is 97.8 cm³/mol. The standard InChI is InChI=1S/C20H23F2N3O2/c1-14-11-17(22)7-8-18(14)19-12-23-9-10-25(19)27-20(26)24(2)13-15-3-5-16(21)6-4-15/h3-8,11,19,23H,9-10,12-13H2,1-2H3/t19-/m1/s1. The van der Waals surface area contributed by atoms with E-state index >= 15 is 0 Å². The van der Waals surface area contributed by atoms with Gasteiger partial charge in [0, 0.05) is 33.2 Å². The van der Waals surface area contributed by atoms with E-state index in [-0.39, 0.29) is 17.7 Å². The fourth-order valence-corrected chi connectivity index (χ4v) is 3.17. The normalized spacial score (nSPS) is 17.6. The maximum atomic E-state index is 13.4. The molecule has 0 aliphatic carbocycles. The van der Waals surface area contributed by atoms with Crippen molar-refractivity contribution in [3.8, 4) is 0 Å². The zero-order chi connectivity index (χ0) is 19.4. The Hall–Kier alpha value is -2.51. The molecule has 3 rings (SSSR count). The van der Waals surface area contributed by atoms with Crippen LogP contribution < -0.4 is 5.32 Å². The Labute approximate surface area is 157 Å². The van der Waals surface area contributed by atoms with Crippen LogP contribution in [0.3, 0.4) is 0 Å². The number of nitrogens with zero attached hydrogens (tertiary/aromatic N) is 2. The van der Waals surface area contributed by atoms with E-state index < -0.39 is 6.09 Å². The lowest BCUT2D eigenvalue weighted by Gasteiger charge is -2.36. The van der Waals surface area contributed by atoms with Crippen LogP contribution in [0, 0.1) is 18.6 Å². The highest BCUT2D eigenvalue weighted by Crippen LogP contribution is 2.26. The molecule has 1 aliphatic rings. The molecule has 0 radical (unpaired) electrons. The van der Waals surface area contributed by atoms with Crippen molar-refractivity contribution in [2.45, 2.75) is 19.5 Å². The van der Waals surface area contributed by atoms with Gasteiger partial charge in [0.1, 0.15) is 11.6 Å². The molecule has 1 atom stereocenters. The van der Waals surface area contributed by atoms with Gasteiger partial charge >= 0.3 is 6.09 Å². The highest BCUT2D eigenvalue weighted by molar-refractivity contribution is 5.67. The van der Waals surface area contributed by atoms with Gasteiger partial charge in [-0.15, -0.1) is 5.06 Å². The Kier molecular flexibility index (Phi) is 6.03. The lowest BCUT2D eigenvalue weighted by Crippen LogP contribution is -2.48. The van der Waals surface area contributed by atoms with Crippen LogP contribution in [-0.2, 0) is 11.4 Å². The number of benzene rings is 2. The van der Waals surface area contributed by atoms with E-state index in [1.54, 1.807) is 30.3 Å². The van der Waals surface area contributed by atoms with Crippen molar-refractivity contribution >= 4 is 6.09 Å². The second-order valence-electron chi connectivity index (χ2n) is 6.70. The monoisotopic (exact) mass is 375 g/mol. The number of hydrogen-bond donors (Lipinski definition) is 1. The van der Waals surface area contributed by atoms with Crippen LogP contribution in [-0.4, -0.2) is 42.7 Å². The summed E-state index contributed by atoms with van der Waals surface area (Å²) in [6.07, 6.45) is -0.494. The second-order valence-corrected chi connectivity index (χ2v) is 6.70. The second kappa shape index (κ2) is 8.45. The predicted octanol–water partition coefficient (Wildman–Crippen LogP) is 3.40. The number of aryl methyl sites for hydroxylation is 1. The van der Waals surface area contributed by atoms with Gasteiger partial charge in [-0.2, -0.15) is 0 Å². The summed E-state index contributed by atoms with van der Waals surface area (Å²) in [6.45, 7) is 3.96. The number of amides is 1. The zero-order valence-electron chi connectivity index (χ0n) is 15.4. The molecule has 1 N–H and O–H groups in total. The first-order valence-corrected chi connectivity index (χ1v) is 8.85. The number of hydroxylamine groups is 2. The van der Waals surface area contributed by atoms with Crippen LogP contribution in [0.1, 0.15) is 22.7 Å². The van der Waals surface area contributed by atoms with Crippen LogP contribution in [0.5, 0.6) is 0 Å². The summed E-state index contributed by atoms with van der Waals surface area (Å²) in [6, 6.07) is 10.4. The molecule has 0 aromatic heterocycles. The molecule has 5 nitrogen and oxygen atoms in total. The molecular formula is C20H23F2N3O2. The smallest absolute Gasteiger partial charge is 0.350 e. The van der Waals surface area contributed by atoms with Crippen molar-refractivity contribution < 1.29 is 18.4 Å². The summed E-state index contributed by atoms with van der Waals surface area (Å²) < 4.78 is 26.4. The number of carbonyl (C=O) groups excluding carboxylic acids is 1. The van der Waals surface area contributed by atoms with Crippen molar-refractivity contribution in [3.63, 3.8) is 0 Å². The summed E-state index contributed by atoms with van der Waals surface area (Å²) >= 11 is 0. The molecule has 0 spiro atoms. The highest BCUT2D eigenvalue weighted by Gasteiger charge is 2.29. The van der Waals surface area contributed by atoms with Crippen molar-refractivity contribution in [2.24, 2.45) is 0 Å². The number of nitrogens with one attached hydrogen (secondary N) is 1. The molecule has 0 bridgehead atoms. The largest absolute Gasteiger partial charge is 0.428 e. The van der Waals surface area contributed by atoms with E-state index in [9.17, 15) is 13.6 Å². The fraction of sp³-hybridized carbons (Fsp3) is 0.350. The zero-order valence-corrected chi connectivity index (χ0v) is 15.4. The first-order valence-electron chi connectivity index (χ1n) is 8.85. The summed E-state index contributed by atoms with van der Waals surface area (Å²) in [7, 11) is 1.63. The van der Waals surface area contributed by atoms with E-state index in [0.29, 0.717) is 26.2 Å². The molecule has 27 heavy (non-hydrogen) atoms. The molecule has 1 fully saturated rings. The van der Waals surface area contributed by atoms with Crippen molar-refractivity contribution in [1.29, 1.82) is 0 Å². The Morgan fingerprint density at radius 1 is 1.22 bits per heavy atom. The third-order valence-corrected chi connectivity index (χ3v) is 4.63. The topological polar surface area (TPSA) is 44.8 Å². The van der Waals surface area contributed by atoms with Gasteiger partial charge in [0.15, 0.2) is 0 Å². The lowest BCUT2D eigenvalue weighted by atomic mass is 9.99. The molecule has 1 heterocycles. The Balaban J connectivity index is 1.67. The number of hydrogen-bond acceptors (Lipinski definition) is 4. The minimum absolute atomic E-state index is 0.192. The van der Waals surface area contributed by atoms with Gasteiger partial charge in [-0.05, 0) is 47.9 Å². The van der Waals surface area contributed by atoms with E-state index in [4.69, 9.17) is 4.84 Å². The fourth-order valence-electron chi connectivity index (χ4n) is 3.17. The van der Waals surface area contributed by atoms with Crippen molar-refractivity contribution in [3.05, 3.63) is 70.8 Å². The molecule has 1 saturated heterocycles. The maximum absolute atomic E-state index is 13.4. The lowest BCUT2D eigenvalue weighted by molar-refractivity contribution is -0.150. The quantitative estimate of drug-likeness (QED) is 0.890. The summed E-state index contributed by atoms with van der Waals surface area (Å²) in [4.78, 5) is 19.6. The number of rotatable bonds is 4. The van der Waals surface area contributed by atoms with Gasteiger partial charge in [0.2, 0.25) is 0 Å². The third kappa shape index (κ3) is 4.81. The summed E-state index contributed by atoms with van der Waals surface area (Å²) in [5, 5.41) is 4.92. The van der Waals surface area contributed by atoms with Crippen LogP contribution in [0.15, 0.2) is 42.5 Å². The minimum atomic E-state index is -0.494. The van der Waals surface area contributed by atoms with Crippen LogP contribution in [0.2, 0.25) is 0 Å². The van der Waals surface area contributed by atoms with Gasteiger partial charge in [-0.1, -0.05) is 18.2 Å². The molecule has 144 valence electrons. The number of piperazine rings is 1. The van der Waals surface area contributed by atoms with Gasteiger partial charge in [-0.25, -0.2) is 13.6 Å². The molecule has 0 unspecified atom stereocenters. The minimum Gasteiger partial charge on any atom is -0.350 e. The molecule has 2 aromatic carbocycles. The molecule has 2 aromatic rings. The average Bonchev–Trinajstić information content (AvgIpc) is 2.64. The van der Waals surface area contributed by atoms with Crippen LogP contribution >= 0.6 is 0 Å². The maximum Gasteiger partial charge on any atom is 0.428 e. The Bertz CT molecular complexity index is 798. The SMILES string of the molecule is Cc1cc(F)ccc1[C@H]1CNCCN1OC(=O)N(C)Cc1ccc(F)cc1. The Morgan fingerprint density at radius 2 is 1.93 bits per heavy atom. The third-order valence-electron chi connectivity index (χ3n) is 4.63. The summed E-state index contributed by atoms with van der Waals surface area (Å²) in [5.74, 6) is -0.607. The average molecular weight is 375 g/mol. The van der Waals surface area contributed by atoms with E-state index in [1.807, 2.05) is 6.92 Å². The molecule has 1 aliphatic heterocycles. The van der Waals surface area contributed by atoms with Crippen LogP contribution in [0.25, 0.3) is 0 Å². The molecule has 0 saturated carbocycles. The molecule has 7 heteroatoms. The van der Waals surface area contributed by atoms with E-state index in [0.717, 1.165) is 16.7 Å². The molecular weight excluding hydrogens is 352 g/mol. The van der Waals surface area contributed by atoms with Gasteiger partial charge in [0.25, 0.3) is 0 Å².